The second-order valence-electron chi connectivity index (χ2n) is 4.89. The first-order chi connectivity index (χ1) is 8.63. The maximum Gasteiger partial charge on any atom is 0.254 e. The first-order valence-electron chi connectivity index (χ1n) is 6.41. The Morgan fingerprint density at radius 2 is 2.06 bits per heavy atom. The van der Waals surface area contributed by atoms with Gasteiger partial charge in [0.2, 0.25) is 0 Å². The first-order valence-corrected chi connectivity index (χ1v) is 6.79. The molecule has 1 aromatic rings. The predicted octanol–water partition coefficient (Wildman–Crippen LogP) is 2.68. The van der Waals surface area contributed by atoms with Gasteiger partial charge in [-0.2, -0.15) is 0 Å². The van der Waals surface area contributed by atoms with E-state index in [9.17, 15) is 4.79 Å². The number of amides is 1. The molecule has 1 fully saturated rings. The quantitative estimate of drug-likeness (QED) is 0.895. The Bertz CT molecular complexity index is 418. The molecule has 3 nitrogen and oxygen atoms in total. The van der Waals surface area contributed by atoms with E-state index in [-0.39, 0.29) is 18.0 Å². The zero-order valence-electron chi connectivity index (χ0n) is 10.6. The van der Waals surface area contributed by atoms with Gasteiger partial charge in [-0.1, -0.05) is 11.6 Å². The summed E-state index contributed by atoms with van der Waals surface area (Å²) in [4.78, 5) is 14.5. The van der Waals surface area contributed by atoms with Crippen LogP contribution in [0.25, 0.3) is 0 Å². The summed E-state index contributed by atoms with van der Waals surface area (Å²) >= 11 is 5.84. The number of carbonyl (C=O) groups excluding carboxylic acids is 1. The number of nitrogens with two attached hydrogens (primary N) is 1. The van der Waals surface area contributed by atoms with E-state index in [0.717, 1.165) is 19.3 Å². The van der Waals surface area contributed by atoms with Crippen LogP contribution < -0.4 is 5.73 Å². The van der Waals surface area contributed by atoms with Crippen LogP contribution in [0.1, 0.15) is 36.5 Å². The minimum absolute atomic E-state index is 0.0642. The van der Waals surface area contributed by atoms with Crippen LogP contribution >= 0.6 is 11.6 Å². The molecule has 2 atom stereocenters. The zero-order chi connectivity index (χ0) is 13.1. The highest BCUT2D eigenvalue weighted by Crippen LogP contribution is 2.24. The summed E-state index contributed by atoms with van der Waals surface area (Å²) in [5.41, 5.74) is 6.47. The number of benzene rings is 1. The highest BCUT2D eigenvalue weighted by molar-refractivity contribution is 6.30. The molecule has 1 amide bonds. The fourth-order valence-corrected chi connectivity index (χ4v) is 2.75. The molecular formula is C14H19ClN2O. The number of halogens is 1. The van der Waals surface area contributed by atoms with Crippen LogP contribution in [0.3, 0.4) is 0 Å². The highest BCUT2D eigenvalue weighted by atomic mass is 35.5. The van der Waals surface area contributed by atoms with Gasteiger partial charge in [0.25, 0.3) is 5.91 Å². The lowest BCUT2D eigenvalue weighted by Crippen LogP contribution is -2.51. The molecular weight excluding hydrogens is 248 g/mol. The highest BCUT2D eigenvalue weighted by Gasteiger charge is 2.31. The van der Waals surface area contributed by atoms with E-state index in [2.05, 4.69) is 6.92 Å². The fourth-order valence-electron chi connectivity index (χ4n) is 2.63. The van der Waals surface area contributed by atoms with Gasteiger partial charge < -0.3 is 10.6 Å². The van der Waals surface area contributed by atoms with E-state index in [1.54, 1.807) is 24.3 Å². The van der Waals surface area contributed by atoms with Crippen LogP contribution in [-0.2, 0) is 0 Å². The Balaban J connectivity index is 2.22. The predicted molar refractivity (Wildman–Crippen MR) is 73.8 cm³/mol. The van der Waals surface area contributed by atoms with Crippen LogP contribution in [-0.4, -0.2) is 29.4 Å². The number of hydrogen-bond acceptors (Lipinski definition) is 2. The molecule has 0 aromatic heterocycles. The van der Waals surface area contributed by atoms with E-state index >= 15 is 0 Å². The van der Waals surface area contributed by atoms with Crippen LogP contribution in [0.5, 0.6) is 0 Å². The average Bonchev–Trinajstić information content (AvgIpc) is 2.38. The van der Waals surface area contributed by atoms with Crippen molar-refractivity contribution in [1.82, 2.24) is 4.90 Å². The number of rotatable bonds is 2. The van der Waals surface area contributed by atoms with Gasteiger partial charge in [-0.3, -0.25) is 4.79 Å². The minimum atomic E-state index is 0.0642. The van der Waals surface area contributed by atoms with Gasteiger partial charge in [0, 0.05) is 29.2 Å². The number of nitrogens with zero attached hydrogens (tertiary/aromatic N) is 1. The standard InChI is InChI=1S/C14H19ClN2O/c1-10-3-2-4-13(9-16)17(10)14(18)11-5-7-12(15)8-6-11/h5-8,10,13H,2-4,9,16H2,1H3. The molecule has 0 aliphatic carbocycles. The van der Waals surface area contributed by atoms with Crippen molar-refractivity contribution in [3.05, 3.63) is 34.9 Å². The fraction of sp³-hybridized carbons (Fsp3) is 0.500. The normalized spacial score (nSPS) is 24.1. The average molecular weight is 267 g/mol. The molecule has 2 unspecified atom stereocenters. The van der Waals surface area contributed by atoms with Gasteiger partial charge >= 0.3 is 0 Å². The second-order valence-corrected chi connectivity index (χ2v) is 5.33. The summed E-state index contributed by atoms with van der Waals surface area (Å²) in [6, 6.07) is 7.48. The summed E-state index contributed by atoms with van der Waals surface area (Å²) < 4.78 is 0. The topological polar surface area (TPSA) is 46.3 Å². The third-order valence-corrected chi connectivity index (χ3v) is 3.88. The van der Waals surface area contributed by atoms with Crippen LogP contribution in [0.4, 0.5) is 0 Å². The summed E-state index contributed by atoms with van der Waals surface area (Å²) in [6.45, 7) is 2.62. The number of carbonyl (C=O) groups is 1. The molecule has 0 saturated carbocycles. The first kappa shape index (κ1) is 13.4. The number of piperidine rings is 1. The molecule has 1 aliphatic rings. The lowest BCUT2D eigenvalue weighted by molar-refractivity contribution is 0.0494. The SMILES string of the molecule is CC1CCCC(CN)N1C(=O)c1ccc(Cl)cc1. The minimum Gasteiger partial charge on any atom is -0.332 e. The Morgan fingerprint density at radius 3 is 2.67 bits per heavy atom. The van der Waals surface area contributed by atoms with Crippen LogP contribution in [0, 0.1) is 0 Å². The molecule has 2 N–H and O–H groups in total. The third kappa shape index (κ3) is 2.68. The lowest BCUT2D eigenvalue weighted by atomic mass is 9.95. The summed E-state index contributed by atoms with van der Waals surface area (Å²) in [5.74, 6) is 0.0642. The number of hydrogen-bond donors (Lipinski definition) is 1. The van der Waals surface area contributed by atoms with Crippen molar-refractivity contribution in [2.24, 2.45) is 5.73 Å². The molecule has 0 bridgehead atoms. The van der Waals surface area contributed by atoms with Crippen molar-refractivity contribution in [3.63, 3.8) is 0 Å². The molecule has 1 saturated heterocycles. The van der Waals surface area contributed by atoms with Gasteiger partial charge in [0.05, 0.1) is 0 Å². The smallest absolute Gasteiger partial charge is 0.254 e. The Labute approximate surface area is 113 Å². The Hall–Kier alpha value is -1.06. The second kappa shape index (κ2) is 5.72. The van der Waals surface area contributed by atoms with Gasteiger partial charge in [-0.05, 0) is 50.5 Å². The van der Waals surface area contributed by atoms with Gasteiger partial charge in [0.1, 0.15) is 0 Å². The summed E-state index contributed by atoms with van der Waals surface area (Å²) in [6.07, 6.45) is 3.20. The molecule has 2 rings (SSSR count). The lowest BCUT2D eigenvalue weighted by Gasteiger charge is -2.40. The maximum absolute atomic E-state index is 12.5. The number of likely N-dealkylation sites (tertiary alicyclic amines) is 1. The van der Waals surface area contributed by atoms with E-state index in [1.807, 2.05) is 4.90 Å². The van der Waals surface area contributed by atoms with Crippen LogP contribution in [0.15, 0.2) is 24.3 Å². The molecule has 0 spiro atoms. The van der Waals surface area contributed by atoms with Crippen molar-refractivity contribution < 1.29 is 4.79 Å². The summed E-state index contributed by atoms with van der Waals surface area (Å²) in [5, 5.41) is 0.647. The molecule has 0 radical (unpaired) electrons. The van der Waals surface area contributed by atoms with E-state index < -0.39 is 0 Å². The van der Waals surface area contributed by atoms with E-state index in [4.69, 9.17) is 17.3 Å². The molecule has 1 aromatic carbocycles. The monoisotopic (exact) mass is 266 g/mol. The molecule has 18 heavy (non-hydrogen) atoms. The maximum atomic E-state index is 12.5. The molecule has 1 aliphatic heterocycles. The van der Waals surface area contributed by atoms with E-state index in [1.165, 1.54) is 0 Å². The zero-order valence-corrected chi connectivity index (χ0v) is 11.4. The van der Waals surface area contributed by atoms with Crippen molar-refractivity contribution in [3.8, 4) is 0 Å². The van der Waals surface area contributed by atoms with Crippen molar-refractivity contribution in [2.45, 2.75) is 38.3 Å². The van der Waals surface area contributed by atoms with Crippen molar-refractivity contribution >= 4 is 17.5 Å². The molecule has 98 valence electrons. The largest absolute Gasteiger partial charge is 0.332 e. The molecule has 4 heteroatoms. The van der Waals surface area contributed by atoms with E-state index in [0.29, 0.717) is 17.1 Å². The van der Waals surface area contributed by atoms with Crippen molar-refractivity contribution in [1.29, 1.82) is 0 Å². The molecule has 1 heterocycles. The summed E-state index contributed by atoms with van der Waals surface area (Å²) in [7, 11) is 0. The van der Waals surface area contributed by atoms with Gasteiger partial charge in [-0.25, -0.2) is 0 Å². The van der Waals surface area contributed by atoms with Crippen LogP contribution in [0.2, 0.25) is 5.02 Å². The van der Waals surface area contributed by atoms with Gasteiger partial charge in [-0.15, -0.1) is 0 Å². The third-order valence-electron chi connectivity index (χ3n) is 3.63. The Kier molecular flexibility index (Phi) is 4.25. The van der Waals surface area contributed by atoms with Gasteiger partial charge in [0.15, 0.2) is 0 Å². The van der Waals surface area contributed by atoms with Crippen molar-refractivity contribution in [2.75, 3.05) is 6.54 Å². The Morgan fingerprint density at radius 1 is 1.39 bits per heavy atom.